The Morgan fingerprint density at radius 1 is 0.947 bits per heavy atom. The van der Waals surface area contributed by atoms with E-state index in [-0.39, 0.29) is 6.10 Å². The van der Waals surface area contributed by atoms with Crippen molar-refractivity contribution in [3.63, 3.8) is 0 Å². The zero-order valence-electron chi connectivity index (χ0n) is 13.6. The molecule has 0 aromatic carbocycles. The van der Waals surface area contributed by atoms with Crippen LogP contribution in [0.2, 0.25) is 0 Å². The van der Waals surface area contributed by atoms with Crippen molar-refractivity contribution in [2.24, 2.45) is 17.8 Å². The first-order valence-corrected chi connectivity index (χ1v) is 8.39. The van der Waals surface area contributed by atoms with Crippen LogP contribution in [0.3, 0.4) is 0 Å². The van der Waals surface area contributed by atoms with Crippen molar-refractivity contribution in [1.29, 1.82) is 0 Å². The predicted molar refractivity (Wildman–Crippen MR) is 83.3 cm³/mol. The zero-order chi connectivity index (χ0) is 14.3. The standard InChI is InChI=1S/C17H35NO/c1-14(2)8-11-18(12-9-15(3)4)13-10-16-6-5-7-17(16)19/h14-17,19H,5-13H2,1-4H3. The number of hydrogen-bond acceptors (Lipinski definition) is 2. The summed E-state index contributed by atoms with van der Waals surface area (Å²) >= 11 is 0. The summed E-state index contributed by atoms with van der Waals surface area (Å²) in [6.07, 6.45) is 7.26. The minimum Gasteiger partial charge on any atom is -0.393 e. The second kappa shape index (κ2) is 8.97. The maximum atomic E-state index is 9.92. The summed E-state index contributed by atoms with van der Waals surface area (Å²) in [5.74, 6) is 2.15. The quantitative estimate of drug-likeness (QED) is 0.685. The summed E-state index contributed by atoms with van der Waals surface area (Å²) < 4.78 is 0. The molecule has 2 unspecified atom stereocenters. The van der Waals surface area contributed by atoms with Gasteiger partial charge in [0.1, 0.15) is 0 Å². The molecule has 1 N–H and O–H groups in total. The van der Waals surface area contributed by atoms with E-state index in [0.717, 1.165) is 18.3 Å². The normalized spacial score (nSPS) is 24.0. The molecule has 0 heterocycles. The lowest BCUT2D eigenvalue weighted by atomic mass is 10.0. The average Bonchev–Trinajstić information content (AvgIpc) is 2.73. The van der Waals surface area contributed by atoms with E-state index in [1.54, 1.807) is 0 Å². The van der Waals surface area contributed by atoms with Gasteiger partial charge >= 0.3 is 0 Å². The summed E-state index contributed by atoms with van der Waals surface area (Å²) in [6, 6.07) is 0. The van der Waals surface area contributed by atoms with E-state index < -0.39 is 0 Å². The molecule has 19 heavy (non-hydrogen) atoms. The van der Waals surface area contributed by atoms with Crippen LogP contribution < -0.4 is 0 Å². The molecule has 1 saturated carbocycles. The highest BCUT2D eigenvalue weighted by Crippen LogP contribution is 2.28. The minimum atomic E-state index is -0.0166. The summed E-state index contributed by atoms with van der Waals surface area (Å²) in [5, 5.41) is 9.92. The Kier molecular flexibility index (Phi) is 8.01. The first-order valence-electron chi connectivity index (χ1n) is 8.39. The van der Waals surface area contributed by atoms with Crippen molar-refractivity contribution < 1.29 is 5.11 Å². The highest BCUT2D eigenvalue weighted by Gasteiger charge is 2.25. The van der Waals surface area contributed by atoms with Gasteiger partial charge in [0.05, 0.1) is 6.10 Å². The van der Waals surface area contributed by atoms with Crippen LogP contribution in [0.1, 0.15) is 66.2 Å². The van der Waals surface area contributed by atoms with E-state index in [1.165, 1.54) is 51.7 Å². The highest BCUT2D eigenvalue weighted by molar-refractivity contribution is 4.77. The summed E-state index contributed by atoms with van der Waals surface area (Å²) in [7, 11) is 0. The largest absolute Gasteiger partial charge is 0.393 e. The molecule has 0 radical (unpaired) electrons. The molecular formula is C17H35NO. The van der Waals surface area contributed by atoms with Gasteiger partial charge in [0.2, 0.25) is 0 Å². The van der Waals surface area contributed by atoms with Gasteiger partial charge in [-0.25, -0.2) is 0 Å². The van der Waals surface area contributed by atoms with Gasteiger partial charge in [-0.15, -0.1) is 0 Å². The molecule has 0 aromatic rings. The third kappa shape index (κ3) is 7.31. The summed E-state index contributed by atoms with van der Waals surface area (Å²) in [4.78, 5) is 2.63. The third-order valence-electron chi connectivity index (χ3n) is 4.48. The molecule has 0 saturated heterocycles. The van der Waals surface area contributed by atoms with Gasteiger partial charge in [0.15, 0.2) is 0 Å². The Balaban J connectivity index is 2.30. The van der Waals surface area contributed by atoms with Crippen molar-refractivity contribution in [3.05, 3.63) is 0 Å². The van der Waals surface area contributed by atoms with Crippen molar-refractivity contribution in [2.75, 3.05) is 19.6 Å². The van der Waals surface area contributed by atoms with E-state index in [4.69, 9.17) is 0 Å². The predicted octanol–water partition coefficient (Wildman–Crippen LogP) is 3.93. The maximum Gasteiger partial charge on any atom is 0.0568 e. The van der Waals surface area contributed by atoms with Crippen LogP contribution in [-0.4, -0.2) is 35.7 Å². The van der Waals surface area contributed by atoms with Crippen molar-refractivity contribution >= 4 is 0 Å². The molecule has 0 bridgehead atoms. The third-order valence-corrected chi connectivity index (χ3v) is 4.48. The van der Waals surface area contributed by atoms with Crippen LogP contribution in [0, 0.1) is 17.8 Å². The maximum absolute atomic E-state index is 9.92. The van der Waals surface area contributed by atoms with Crippen LogP contribution >= 0.6 is 0 Å². The minimum absolute atomic E-state index is 0.0166. The van der Waals surface area contributed by atoms with E-state index in [1.807, 2.05) is 0 Å². The fourth-order valence-corrected chi connectivity index (χ4v) is 2.92. The Morgan fingerprint density at radius 3 is 1.95 bits per heavy atom. The number of aliphatic hydroxyl groups is 1. The number of aliphatic hydroxyl groups excluding tert-OH is 1. The van der Waals surface area contributed by atoms with Crippen molar-refractivity contribution in [1.82, 2.24) is 4.90 Å². The van der Waals surface area contributed by atoms with E-state index in [2.05, 4.69) is 32.6 Å². The molecule has 0 aromatic heterocycles. The van der Waals surface area contributed by atoms with Crippen LogP contribution in [-0.2, 0) is 0 Å². The van der Waals surface area contributed by atoms with Gasteiger partial charge < -0.3 is 10.0 Å². The first-order chi connectivity index (χ1) is 8.99. The SMILES string of the molecule is CC(C)CCN(CCC(C)C)CCC1CCCC1O. The number of rotatable bonds is 9. The van der Waals surface area contributed by atoms with Crippen LogP contribution in [0.4, 0.5) is 0 Å². The first kappa shape index (κ1) is 17.0. The highest BCUT2D eigenvalue weighted by atomic mass is 16.3. The van der Waals surface area contributed by atoms with Gasteiger partial charge in [0.25, 0.3) is 0 Å². The van der Waals surface area contributed by atoms with Gasteiger partial charge in [-0.2, -0.15) is 0 Å². The Hall–Kier alpha value is -0.0800. The molecular weight excluding hydrogens is 234 g/mol. The molecule has 1 fully saturated rings. The van der Waals surface area contributed by atoms with Gasteiger partial charge in [-0.05, 0) is 69.5 Å². The van der Waals surface area contributed by atoms with Gasteiger partial charge in [-0.1, -0.05) is 34.1 Å². The van der Waals surface area contributed by atoms with E-state index in [9.17, 15) is 5.11 Å². The molecule has 2 nitrogen and oxygen atoms in total. The number of hydrogen-bond donors (Lipinski definition) is 1. The summed E-state index contributed by atoms with van der Waals surface area (Å²) in [5.41, 5.74) is 0. The second-order valence-corrected chi connectivity index (χ2v) is 7.25. The lowest BCUT2D eigenvalue weighted by Gasteiger charge is -2.26. The fourth-order valence-electron chi connectivity index (χ4n) is 2.92. The number of nitrogens with zero attached hydrogens (tertiary/aromatic N) is 1. The average molecular weight is 269 g/mol. The second-order valence-electron chi connectivity index (χ2n) is 7.25. The molecule has 2 heteroatoms. The molecule has 0 spiro atoms. The molecule has 1 rings (SSSR count). The van der Waals surface area contributed by atoms with Gasteiger partial charge in [-0.3, -0.25) is 0 Å². The molecule has 0 amide bonds. The molecule has 0 aliphatic heterocycles. The van der Waals surface area contributed by atoms with Gasteiger partial charge in [0, 0.05) is 0 Å². The fraction of sp³-hybridized carbons (Fsp3) is 1.00. The molecule has 1 aliphatic rings. The summed E-state index contributed by atoms with van der Waals surface area (Å²) in [6.45, 7) is 12.9. The smallest absolute Gasteiger partial charge is 0.0568 e. The van der Waals surface area contributed by atoms with Crippen LogP contribution in [0.25, 0.3) is 0 Å². The lowest BCUT2D eigenvalue weighted by molar-refractivity contribution is 0.116. The Labute approximate surface area is 120 Å². The molecule has 2 atom stereocenters. The van der Waals surface area contributed by atoms with E-state index in [0.29, 0.717) is 5.92 Å². The van der Waals surface area contributed by atoms with Crippen LogP contribution in [0.5, 0.6) is 0 Å². The van der Waals surface area contributed by atoms with E-state index >= 15 is 0 Å². The van der Waals surface area contributed by atoms with Crippen molar-refractivity contribution in [2.45, 2.75) is 72.3 Å². The monoisotopic (exact) mass is 269 g/mol. The van der Waals surface area contributed by atoms with Crippen molar-refractivity contribution in [3.8, 4) is 0 Å². The topological polar surface area (TPSA) is 23.5 Å². The Morgan fingerprint density at radius 2 is 1.53 bits per heavy atom. The zero-order valence-corrected chi connectivity index (χ0v) is 13.6. The molecule has 114 valence electrons. The lowest BCUT2D eigenvalue weighted by Crippen LogP contribution is -2.31. The molecule has 1 aliphatic carbocycles. The Bertz CT molecular complexity index is 215. The van der Waals surface area contributed by atoms with Crippen LogP contribution in [0.15, 0.2) is 0 Å².